The van der Waals surface area contributed by atoms with Crippen molar-refractivity contribution >= 4 is 3.81 Å². The van der Waals surface area contributed by atoms with Gasteiger partial charge in [-0.05, 0) is 0 Å². The summed E-state index contributed by atoms with van der Waals surface area (Å²) < 4.78 is 3.86. The SMILES string of the molecule is C/[C](c1ccccc1)=[Ti+2](/[C]1=CC=CC1)[CH]1c2ccc(C)cc2-c2cc(C)ccc21.[Cl-].[Cl-]. The summed E-state index contributed by atoms with van der Waals surface area (Å²) in [6.45, 7) is 6.83. The monoisotopic (exact) mass is 480 g/mol. The first-order valence-electron chi connectivity index (χ1n) is 10.5. The molecule has 0 unspecified atom stereocenters. The minimum absolute atomic E-state index is 0. The van der Waals surface area contributed by atoms with Gasteiger partial charge >= 0.3 is 180 Å². The molecule has 0 amide bonds. The van der Waals surface area contributed by atoms with Crippen molar-refractivity contribution in [3.05, 3.63) is 117 Å². The molecule has 156 valence electrons. The topological polar surface area (TPSA) is 0 Å². The number of halogens is 2. The molecule has 0 aliphatic heterocycles. The predicted molar refractivity (Wildman–Crippen MR) is 121 cm³/mol. The van der Waals surface area contributed by atoms with Crippen molar-refractivity contribution in [3.8, 4) is 11.1 Å². The van der Waals surface area contributed by atoms with E-state index in [1.807, 2.05) is 0 Å². The van der Waals surface area contributed by atoms with Crippen LogP contribution in [0.5, 0.6) is 0 Å². The third-order valence-corrected chi connectivity index (χ3v) is 11.6. The Bertz CT molecular complexity index is 1150. The van der Waals surface area contributed by atoms with Crippen molar-refractivity contribution in [1.82, 2.24) is 0 Å². The zero-order valence-corrected chi connectivity index (χ0v) is 21.2. The normalized spacial score (nSPS) is 14.2. The second-order valence-electron chi connectivity index (χ2n) is 8.34. The molecular formula is C28H26Cl2Ti. The first-order valence-corrected chi connectivity index (χ1v) is 12.9. The van der Waals surface area contributed by atoms with E-state index in [0.29, 0.717) is 4.22 Å². The third-order valence-electron chi connectivity index (χ3n) is 6.35. The number of allylic oxidation sites excluding steroid dienone is 4. The standard InChI is InChI=1S/C15H13.C8H8.C5H5.2ClH.Ti/c1-10-3-5-12-9-13-6-4-11(2)8-15(13)14(12)7-10;1-2-8-6-4-3-5-7-8;1-2-4-5-3-1;;;/h3-9H,1-2H3;3-7H,1H3;1-3H,4H2;2*1H;/q;;;;;+2/p-2. The van der Waals surface area contributed by atoms with Crippen molar-refractivity contribution in [2.45, 2.75) is 31.4 Å². The number of rotatable bonds is 3. The van der Waals surface area contributed by atoms with E-state index < -0.39 is 17.4 Å². The molecule has 0 heterocycles. The van der Waals surface area contributed by atoms with Gasteiger partial charge in [-0.1, -0.05) is 0 Å². The molecule has 0 bridgehead atoms. The zero-order chi connectivity index (χ0) is 20.0. The molecule has 2 aliphatic carbocycles. The van der Waals surface area contributed by atoms with Crippen LogP contribution in [0, 0.1) is 13.8 Å². The number of aryl methyl sites for hydroxylation is 2. The van der Waals surface area contributed by atoms with E-state index in [0.717, 1.165) is 6.42 Å². The predicted octanol–water partition coefficient (Wildman–Crippen LogP) is 1.08. The van der Waals surface area contributed by atoms with Gasteiger partial charge in [-0.25, -0.2) is 0 Å². The second kappa shape index (κ2) is 9.84. The minimum atomic E-state index is -1.81. The second-order valence-corrected chi connectivity index (χ2v) is 12.7. The van der Waals surface area contributed by atoms with Crippen molar-refractivity contribution in [3.63, 3.8) is 0 Å². The average Bonchev–Trinajstić information content (AvgIpc) is 3.36. The number of benzene rings is 3. The first kappa shape index (κ1) is 24.0. The summed E-state index contributed by atoms with van der Waals surface area (Å²) in [4.78, 5) is 0. The van der Waals surface area contributed by atoms with Crippen LogP contribution in [0.1, 0.15) is 45.4 Å². The Kier molecular flexibility index (Phi) is 7.61. The molecule has 3 aromatic rings. The van der Waals surface area contributed by atoms with Crippen LogP contribution in [0.25, 0.3) is 11.1 Å². The molecule has 0 saturated carbocycles. The van der Waals surface area contributed by atoms with Crippen LogP contribution in [0.15, 0.2) is 88.8 Å². The number of fused-ring (bicyclic) bond motifs is 3. The average molecular weight is 481 g/mol. The van der Waals surface area contributed by atoms with Crippen LogP contribution in [0.3, 0.4) is 0 Å². The molecule has 0 aromatic heterocycles. The van der Waals surface area contributed by atoms with Gasteiger partial charge in [-0.15, -0.1) is 0 Å². The molecule has 5 rings (SSSR count). The quantitative estimate of drug-likeness (QED) is 0.492. The zero-order valence-electron chi connectivity index (χ0n) is 18.1. The molecule has 31 heavy (non-hydrogen) atoms. The van der Waals surface area contributed by atoms with Gasteiger partial charge < -0.3 is 24.8 Å². The third kappa shape index (κ3) is 4.32. The van der Waals surface area contributed by atoms with Crippen LogP contribution >= 0.6 is 0 Å². The number of hydrogen-bond acceptors (Lipinski definition) is 0. The van der Waals surface area contributed by atoms with Gasteiger partial charge in [0.25, 0.3) is 0 Å². The van der Waals surface area contributed by atoms with Crippen molar-refractivity contribution in [1.29, 1.82) is 0 Å². The van der Waals surface area contributed by atoms with E-state index in [9.17, 15) is 0 Å². The fraction of sp³-hybridized carbons (Fsp3) is 0.179. The van der Waals surface area contributed by atoms with Gasteiger partial charge in [0.05, 0.1) is 0 Å². The molecule has 3 aromatic carbocycles. The van der Waals surface area contributed by atoms with Gasteiger partial charge in [0.2, 0.25) is 0 Å². The molecule has 0 atom stereocenters. The van der Waals surface area contributed by atoms with Crippen LogP contribution < -0.4 is 24.8 Å². The van der Waals surface area contributed by atoms with E-state index in [4.69, 9.17) is 0 Å². The number of hydrogen-bond donors (Lipinski definition) is 0. The molecule has 2 aliphatic rings. The summed E-state index contributed by atoms with van der Waals surface area (Å²) >= 11 is -1.81. The van der Waals surface area contributed by atoms with Gasteiger partial charge in [-0.2, -0.15) is 0 Å². The van der Waals surface area contributed by atoms with Crippen LogP contribution in [-0.4, -0.2) is 3.81 Å². The van der Waals surface area contributed by atoms with E-state index in [2.05, 4.69) is 106 Å². The molecule has 0 nitrogen and oxygen atoms in total. The molecule has 0 fully saturated rings. The summed E-state index contributed by atoms with van der Waals surface area (Å²) in [5, 5.41) is 0. The van der Waals surface area contributed by atoms with E-state index in [1.54, 1.807) is 18.8 Å². The maximum Gasteiger partial charge on any atom is -1.00 e. The smallest absolute Gasteiger partial charge is 1.00 e. The van der Waals surface area contributed by atoms with Crippen LogP contribution in [0.4, 0.5) is 0 Å². The first-order chi connectivity index (χ1) is 14.1. The Labute approximate surface area is 204 Å². The fourth-order valence-corrected chi connectivity index (χ4v) is 10.4. The van der Waals surface area contributed by atoms with E-state index >= 15 is 0 Å². The molecular weight excluding hydrogens is 455 g/mol. The Morgan fingerprint density at radius 1 is 0.806 bits per heavy atom. The Morgan fingerprint density at radius 2 is 1.39 bits per heavy atom. The summed E-state index contributed by atoms with van der Waals surface area (Å²) in [5.74, 6) is 0. The van der Waals surface area contributed by atoms with Gasteiger partial charge in [0.15, 0.2) is 0 Å². The van der Waals surface area contributed by atoms with Crippen molar-refractivity contribution < 1.29 is 42.2 Å². The van der Waals surface area contributed by atoms with E-state index in [1.165, 1.54) is 27.8 Å². The molecule has 0 saturated heterocycles. The molecule has 0 radical (unpaired) electrons. The Hall–Kier alpha value is -1.70. The van der Waals surface area contributed by atoms with Gasteiger partial charge in [-0.3, -0.25) is 0 Å². The summed E-state index contributed by atoms with van der Waals surface area (Å²) in [5.41, 5.74) is 10.2. The van der Waals surface area contributed by atoms with Gasteiger partial charge in [0, 0.05) is 0 Å². The molecule has 3 heteroatoms. The maximum absolute atomic E-state index is 2.42. The molecule has 0 spiro atoms. The summed E-state index contributed by atoms with van der Waals surface area (Å²) in [6.07, 6.45) is 8.14. The van der Waals surface area contributed by atoms with Crippen molar-refractivity contribution in [2.24, 2.45) is 0 Å². The van der Waals surface area contributed by atoms with E-state index in [-0.39, 0.29) is 24.8 Å². The fourth-order valence-electron chi connectivity index (χ4n) is 4.92. The maximum atomic E-state index is 2.42. The summed E-state index contributed by atoms with van der Waals surface area (Å²) in [7, 11) is 0. The Balaban J connectivity index is 0.00000136. The van der Waals surface area contributed by atoms with Crippen molar-refractivity contribution in [2.75, 3.05) is 0 Å². The van der Waals surface area contributed by atoms with Crippen LogP contribution in [0.2, 0.25) is 0 Å². The summed E-state index contributed by atoms with van der Waals surface area (Å²) in [6, 6.07) is 25.3. The van der Waals surface area contributed by atoms with Crippen LogP contribution in [-0.2, 0) is 17.4 Å². The Morgan fingerprint density at radius 3 is 1.90 bits per heavy atom. The minimum Gasteiger partial charge on any atom is -1.00 e. The van der Waals surface area contributed by atoms with Gasteiger partial charge in [0.1, 0.15) is 0 Å². The molecule has 0 N–H and O–H groups in total. The largest absolute Gasteiger partial charge is 1.00 e.